The monoisotopic (exact) mass is 370 g/mol. The molecule has 1 aliphatic rings. The first-order valence-electron chi connectivity index (χ1n) is 9.22. The van der Waals surface area contributed by atoms with Gasteiger partial charge in [-0.05, 0) is 67.2 Å². The van der Waals surface area contributed by atoms with Crippen molar-refractivity contribution in [1.82, 2.24) is 10.1 Å². The molecule has 0 saturated carbocycles. The molecule has 0 N–H and O–H groups in total. The van der Waals surface area contributed by atoms with E-state index in [1.807, 2.05) is 12.1 Å². The van der Waals surface area contributed by atoms with Crippen LogP contribution in [0.15, 0.2) is 53.1 Å². The van der Waals surface area contributed by atoms with Crippen LogP contribution in [0.2, 0.25) is 5.02 Å². The van der Waals surface area contributed by atoms with E-state index in [-0.39, 0.29) is 0 Å². The Kier molecular flexibility index (Phi) is 5.42. The Morgan fingerprint density at radius 1 is 1.12 bits per heavy atom. The maximum Gasteiger partial charge on any atom is 0.262 e. The molecule has 2 heterocycles. The number of hydrogen-bond acceptors (Lipinski definition) is 4. The Hall–Kier alpha value is -2.04. The van der Waals surface area contributed by atoms with E-state index in [4.69, 9.17) is 20.9 Å². The quantitative estimate of drug-likeness (QED) is 0.623. The van der Waals surface area contributed by atoms with Crippen molar-refractivity contribution in [3.8, 4) is 5.88 Å². The van der Waals surface area contributed by atoms with E-state index in [0.717, 1.165) is 44.3 Å². The third kappa shape index (κ3) is 4.19. The lowest BCUT2D eigenvalue weighted by atomic mass is 9.97. The molecule has 0 radical (unpaired) electrons. The number of fused-ring (bicyclic) bond motifs is 1. The molecule has 5 heteroatoms. The van der Waals surface area contributed by atoms with Crippen molar-refractivity contribution in [1.29, 1.82) is 0 Å². The fourth-order valence-electron chi connectivity index (χ4n) is 3.50. The van der Waals surface area contributed by atoms with Gasteiger partial charge in [0.25, 0.3) is 5.88 Å². The molecular formula is C21H23ClN2O2. The summed E-state index contributed by atoms with van der Waals surface area (Å²) in [7, 11) is 0. The van der Waals surface area contributed by atoms with Gasteiger partial charge < -0.3 is 14.2 Å². The highest BCUT2D eigenvalue weighted by molar-refractivity contribution is 6.31. The second-order valence-corrected chi connectivity index (χ2v) is 7.40. The first-order valence-corrected chi connectivity index (χ1v) is 9.60. The molecule has 4 nitrogen and oxygen atoms in total. The van der Waals surface area contributed by atoms with Crippen molar-refractivity contribution in [3.05, 3.63) is 59.1 Å². The van der Waals surface area contributed by atoms with Gasteiger partial charge in [-0.1, -0.05) is 41.9 Å². The molecule has 1 fully saturated rings. The second-order valence-electron chi connectivity index (χ2n) is 6.96. The largest absolute Gasteiger partial charge is 0.475 e. The Labute approximate surface area is 158 Å². The molecule has 136 valence electrons. The van der Waals surface area contributed by atoms with Crippen molar-refractivity contribution in [2.45, 2.75) is 19.3 Å². The first kappa shape index (κ1) is 17.4. The molecule has 0 bridgehead atoms. The Morgan fingerprint density at radius 2 is 1.92 bits per heavy atom. The first-order chi connectivity index (χ1) is 12.8. The number of nitrogens with zero attached hydrogens (tertiary/aromatic N) is 2. The van der Waals surface area contributed by atoms with Gasteiger partial charge in [0, 0.05) is 11.6 Å². The Bertz CT molecular complexity index is 842. The summed E-state index contributed by atoms with van der Waals surface area (Å²) in [5.41, 5.74) is 2.12. The Morgan fingerprint density at radius 3 is 2.73 bits per heavy atom. The van der Waals surface area contributed by atoms with Crippen LogP contribution in [0.5, 0.6) is 5.88 Å². The van der Waals surface area contributed by atoms with Gasteiger partial charge >= 0.3 is 0 Å². The number of rotatable bonds is 6. The van der Waals surface area contributed by atoms with E-state index < -0.39 is 0 Å². The van der Waals surface area contributed by atoms with Crippen LogP contribution >= 0.6 is 11.6 Å². The van der Waals surface area contributed by atoms with E-state index in [2.05, 4.69) is 40.4 Å². The molecule has 4 rings (SSSR count). The summed E-state index contributed by atoms with van der Waals surface area (Å²) in [6.45, 7) is 4.07. The van der Waals surface area contributed by atoms with Crippen LogP contribution in [0.3, 0.4) is 0 Å². The van der Waals surface area contributed by atoms with Gasteiger partial charge in [0.05, 0.1) is 12.0 Å². The van der Waals surface area contributed by atoms with Gasteiger partial charge in [-0.3, -0.25) is 0 Å². The van der Waals surface area contributed by atoms with E-state index in [0.29, 0.717) is 29.0 Å². The van der Waals surface area contributed by atoms with Crippen molar-refractivity contribution in [2.75, 3.05) is 26.2 Å². The minimum absolute atomic E-state index is 0.550. The molecule has 0 aliphatic carbocycles. The van der Waals surface area contributed by atoms with Crippen LogP contribution in [-0.4, -0.2) is 36.3 Å². The molecule has 3 aromatic rings. The molecule has 0 unspecified atom stereocenters. The van der Waals surface area contributed by atoms with Crippen molar-refractivity contribution < 1.29 is 9.26 Å². The van der Waals surface area contributed by atoms with E-state index >= 15 is 0 Å². The fraction of sp³-hybridized carbons (Fsp3) is 0.381. The summed E-state index contributed by atoms with van der Waals surface area (Å²) >= 11 is 6.06. The van der Waals surface area contributed by atoms with Crippen LogP contribution in [-0.2, 0) is 6.42 Å². The van der Waals surface area contributed by atoms with Gasteiger partial charge in [0.2, 0.25) is 0 Å². The second kappa shape index (κ2) is 8.11. The van der Waals surface area contributed by atoms with Gasteiger partial charge in [0.1, 0.15) is 0 Å². The number of hydrogen-bond donors (Lipinski definition) is 0. The minimum atomic E-state index is 0.550. The van der Waals surface area contributed by atoms with Crippen LogP contribution in [0.4, 0.5) is 0 Å². The van der Waals surface area contributed by atoms with E-state index in [9.17, 15) is 0 Å². The lowest BCUT2D eigenvalue weighted by Crippen LogP contribution is -2.36. The maximum atomic E-state index is 6.06. The summed E-state index contributed by atoms with van der Waals surface area (Å²) in [6, 6.07) is 16.2. The zero-order valence-electron chi connectivity index (χ0n) is 14.7. The number of aromatic nitrogens is 1. The van der Waals surface area contributed by atoms with Crippen molar-refractivity contribution in [3.63, 3.8) is 0 Å². The lowest BCUT2D eigenvalue weighted by molar-refractivity contribution is 0.138. The van der Waals surface area contributed by atoms with Crippen molar-refractivity contribution >= 4 is 22.6 Å². The van der Waals surface area contributed by atoms with Crippen LogP contribution in [0.1, 0.15) is 18.4 Å². The lowest BCUT2D eigenvalue weighted by Gasteiger charge is -2.31. The Balaban J connectivity index is 1.24. The fourth-order valence-corrected chi connectivity index (χ4v) is 3.67. The zero-order chi connectivity index (χ0) is 17.8. The van der Waals surface area contributed by atoms with Crippen molar-refractivity contribution in [2.24, 2.45) is 5.92 Å². The van der Waals surface area contributed by atoms with Gasteiger partial charge in [-0.25, -0.2) is 0 Å². The highest BCUT2D eigenvalue weighted by atomic mass is 35.5. The van der Waals surface area contributed by atoms with Crippen LogP contribution in [0, 0.1) is 5.92 Å². The predicted octanol–water partition coefficient (Wildman–Crippen LogP) is 4.81. The van der Waals surface area contributed by atoms with Crippen LogP contribution in [0.25, 0.3) is 11.0 Å². The number of benzene rings is 2. The maximum absolute atomic E-state index is 6.06. The molecule has 1 saturated heterocycles. The molecule has 1 aromatic heterocycles. The molecule has 2 aromatic carbocycles. The molecule has 0 spiro atoms. The molecule has 1 aliphatic heterocycles. The highest BCUT2D eigenvalue weighted by Gasteiger charge is 2.20. The molecule has 0 atom stereocenters. The predicted molar refractivity (Wildman–Crippen MR) is 104 cm³/mol. The van der Waals surface area contributed by atoms with Gasteiger partial charge in [-0.2, -0.15) is 0 Å². The number of ether oxygens (including phenoxy) is 1. The normalized spacial score (nSPS) is 16.2. The summed E-state index contributed by atoms with van der Waals surface area (Å²) in [4.78, 5) is 2.55. The topological polar surface area (TPSA) is 38.5 Å². The molecule has 0 amide bonds. The third-order valence-electron chi connectivity index (χ3n) is 5.12. The number of halogens is 1. The SMILES string of the molecule is Clc1ccc2onc(OCC3CCN(CCc4ccccc4)CC3)c2c1. The van der Waals surface area contributed by atoms with Crippen LogP contribution < -0.4 is 4.74 Å². The van der Waals surface area contributed by atoms with Gasteiger partial charge in [-0.15, -0.1) is 0 Å². The number of likely N-dealkylation sites (tertiary alicyclic amines) is 1. The number of piperidine rings is 1. The van der Waals surface area contributed by atoms with E-state index in [1.165, 1.54) is 5.56 Å². The summed E-state index contributed by atoms with van der Waals surface area (Å²) < 4.78 is 11.2. The third-order valence-corrected chi connectivity index (χ3v) is 5.36. The average Bonchev–Trinajstić information content (AvgIpc) is 3.08. The standard InChI is InChI=1S/C21H23ClN2O2/c22-18-6-7-20-19(14-18)21(23-26-20)25-15-17-9-12-24(13-10-17)11-8-16-4-2-1-3-5-16/h1-7,14,17H,8-13,15H2. The van der Waals surface area contributed by atoms with E-state index in [1.54, 1.807) is 6.07 Å². The molecule has 26 heavy (non-hydrogen) atoms. The average molecular weight is 371 g/mol. The smallest absolute Gasteiger partial charge is 0.262 e. The summed E-state index contributed by atoms with van der Waals surface area (Å²) in [6.07, 6.45) is 3.43. The molecular weight excluding hydrogens is 348 g/mol. The highest BCUT2D eigenvalue weighted by Crippen LogP contribution is 2.28. The van der Waals surface area contributed by atoms with Gasteiger partial charge in [0.15, 0.2) is 5.58 Å². The summed E-state index contributed by atoms with van der Waals surface area (Å²) in [5, 5.41) is 5.54. The summed E-state index contributed by atoms with van der Waals surface area (Å²) in [5.74, 6) is 1.11. The minimum Gasteiger partial charge on any atom is -0.475 e. The zero-order valence-corrected chi connectivity index (χ0v) is 15.5.